The Morgan fingerprint density at radius 2 is 1.90 bits per heavy atom. The van der Waals surface area contributed by atoms with E-state index in [2.05, 4.69) is 0 Å². The standard InChI is InChI=1S/C22H26O7/c1-25-10-11-26-15-29-20-5-3-2-4-17(20)19(24)8-7-18(23)16-6-9-21-22(14-16)28-13-12-27-21/h2-6,9,14,19,24H,7-8,10-13,15H2,1H3. The van der Waals surface area contributed by atoms with Crippen molar-refractivity contribution in [3.63, 3.8) is 0 Å². The maximum Gasteiger partial charge on any atom is 0.189 e. The van der Waals surface area contributed by atoms with E-state index in [9.17, 15) is 9.90 Å². The highest BCUT2D eigenvalue weighted by atomic mass is 16.7. The van der Waals surface area contributed by atoms with E-state index in [1.165, 1.54) is 0 Å². The van der Waals surface area contributed by atoms with Gasteiger partial charge in [-0.15, -0.1) is 0 Å². The Hall–Kier alpha value is -2.61. The van der Waals surface area contributed by atoms with E-state index in [1.807, 2.05) is 12.1 Å². The number of hydrogen-bond acceptors (Lipinski definition) is 7. The molecule has 1 atom stereocenters. The highest BCUT2D eigenvalue weighted by Gasteiger charge is 2.18. The van der Waals surface area contributed by atoms with Crippen LogP contribution in [-0.2, 0) is 9.47 Å². The number of para-hydroxylation sites is 1. The van der Waals surface area contributed by atoms with Gasteiger partial charge in [0.05, 0.1) is 19.3 Å². The molecule has 0 saturated carbocycles. The molecule has 0 fully saturated rings. The van der Waals surface area contributed by atoms with Crippen LogP contribution in [0.1, 0.15) is 34.9 Å². The van der Waals surface area contributed by atoms with E-state index in [0.29, 0.717) is 54.8 Å². The van der Waals surface area contributed by atoms with Crippen LogP contribution in [0.5, 0.6) is 17.2 Å². The van der Waals surface area contributed by atoms with Gasteiger partial charge in [0.25, 0.3) is 0 Å². The number of carbonyl (C=O) groups is 1. The smallest absolute Gasteiger partial charge is 0.189 e. The van der Waals surface area contributed by atoms with Crippen molar-refractivity contribution >= 4 is 5.78 Å². The lowest BCUT2D eigenvalue weighted by Gasteiger charge is -2.19. The third-order valence-corrected chi connectivity index (χ3v) is 4.52. The fourth-order valence-corrected chi connectivity index (χ4v) is 2.98. The lowest BCUT2D eigenvalue weighted by molar-refractivity contribution is -0.00991. The summed E-state index contributed by atoms with van der Waals surface area (Å²) in [5.41, 5.74) is 1.16. The Kier molecular flexibility index (Phi) is 7.86. The number of carbonyl (C=O) groups excluding carboxylic acids is 1. The molecule has 29 heavy (non-hydrogen) atoms. The van der Waals surface area contributed by atoms with Gasteiger partial charge in [-0.3, -0.25) is 4.79 Å². The monoisotopic (exact) mass is 402 g/mol. The number of ketones is 1. The van der Waals surface area contributed by atoms with E-state index in [-0.39, 0.29) is 25.4 Å². The van der Waals surface area contributed by atoms with Crippen molar-refractivity contribution < 1.29 is 33.6 Å². The van der Waals surface area contributed by atoms with Crippen molar-refractivity contribution in [3.8, 4) is 17.2 Å². The summed E-state index contributed by atoms with van der Waals surface area (Å²) >= 11 is 0. The zero-order valence-corrected chi connectivity index (χ0v) is 16.5. The van der Waals surface area contributed by atoms with Gasteiger partial charge < -0.3 is 28.8 Å². The number of fused-ring (bicyclic) bond motifs is 1. The number of Topliss-reactive ketones (excluding diaryl/α,β-unsaturated/α-hetero) is 1. The van der Waals surface area contributed by atoms with Gasteiger partial charge in [-0.25, -0.2) is 0 Å². The van der Waals surface area contributed by atoms with E-state index in [1.54, 1.807) is 37.4 Å². The predicted octanol–water partition coefficient (Wildman–Crippen LogP) is 3.15. The molecule has 0 bridgehead atoms. The first kappa shape index (κ1) is 21.1. The molecule has 0 spiro atoms. The maximum absolute atomic E-state index is 12.6. The molecule has 1 aliphatic heterocycles. The molecule has 0 amide bonds. The third kappa shape index (κ3) is 5.93. The lowest BCUT2D eigenvalue weighted by atomic mass is 9.99. The van der Waals surface area contributed by atoms with Crippen molar-refractivity contribution in [3.05, 3.63) is 53.6 Å². The summed E-state index contributed by atoms with van der Waals surface area (Å²) in [4.78, 5) is 12.6. The van der Waals surface area contributed by atoms with Gasteiger partial charge in [-0.1, -0.05) is 18.2 Å². The van der Waals surface area contributed by atoms with Gasteiger partial charge in [0.15, 0.2) is 24.1 Å². The Balaban J connectivity index is 1.55. The second kappa shape index (κ2) is 10.8. The van der Waals surface area contributed by atoms with Crippen LogP contribution in [-0.4, -0.2) is 51.2 Å². The summed E-state index contributed by atoms with van der Waals surface area (Å²) in [7, 11) is 1.60. The molecule has 2 aromatic rings. The average molecular weight is 402 g/mol. The first-order chi connectivity index (χ1) is 14.2. The van der Waals surface area contributed by atoms with Gasteiger partial charge in [-0.05, 0) is 30.7 Å². The van der Waals surface area contributed by atoms with E-state index < -0.39 is 6.10 Å². The summed E-state index contributed by atoms with van der Waals surface area (Å²) in [5.74, 6) is 1.69. The molecule has 3 rings (SSSR count). The second-order valence-electron chi connectivity index (χ2n) is 6.54. The van der Waals surface area contributed by atoms with Gasteiger partial charge in [0.1, 0.15) is 19.0 Å². The predicted molar refractivity (Wildman–Crippen MR) is 106 cm³/mol. The highest BCUT2D eigenvalue weighted by Crippen LogP contribution is 2.32. The summed E-state index contributed by atoms with van der Waals surface area (Å²) in [6.07, 6.45) is -0.358. The molecule has 1 aliphatic rings. The van der Waals surface area contributed by atoms with Crippen LogP contribution in [0.25, 0.3) is 0 Å². The fraction of sp³-hybridized carbons (Fsp3) is 0.409. The Morgan fingerprint density at radius 3 is 2.72 bits per heavy atom. The SMILES string of the molecule is COCCOCOc1ccccc1C(O)CCC(=O)c1ccc2c(c1)OCCO2. The zero-order chi connectivity index (χ0) is 20.5. The topological polar surface area (TPSA) is 83.5 Å². The highest BCUT2D eigenvalue weighted by molar-refractivity contribution is 5.96. The quantitative estimate of drug-likeness (QED) is 0.351. The van der Waals surface area contributed by atoms with Crippen molar-refractivity contribution in [2.24, 2.45) is 0 Å². The molecular weight excluding hydrogens is 376 g/mol. The fourth-order valence-electron chi connectivity index (χ4n) is 2.98. The van der Waals surface area contributed by atoms with Crippen molar-refractivity contribution in [2.45, 2.75) is 18.9 Å². The molecule has 1 N–H and O–H groups in total. The van der Waals surface area contributed by atoms with Gasteiger partial charge in [0.2, 0.25) is 0 Å². The number of aliphatic hydroxyl groups is 1. The third-order valence-electron chi connectivity index (χ3n) is 4.52. The van der Waals surface area contributed by atoms with Gasteiger partial charge in [-0.2, -0.15) is 0 Å². The largest absolute Gasteiger partial charge is 0.486 e. The summed E-state index contributed by atoms with van der Waals surface area (Å²) < 4.78 is 26.8. The van der Waals surface area contributed by atoms with E-state index >= 15 is 0 Å². The summed E-state index contributed by atoms with van der Waals surface area (Å²) in [6, 6.07) is 12.3. The molecule has 0 aliphatic carbocycles. The number of hydrogen-bond donors (Lipinski definition) is 1. The van der Waals surface area contributed by atoms with Crippen molar-refractivity contribution in [2.75, 3.05) is 40.3 Å². The van der Waals surface area contributed by atoms with Crippen LogP contribution in [0.15, 0.2) is 42.5 Å². The minimum Gasteiger partial charge on any atom is -0.486 e. The second-order valence-corrected chi connectivity index (χ2v) is 6.54. The van der Waals surface area contributed by atoms with Gasteiger partial charge >= 0.3 is 0 Å². The van der Waals surface area contributed by atoms with Crippen LogP contribution in [0, 0.1) is 0 Å². The molecule has 0 saturated heterocycles. The molecule has 0 aromatic heterocycles. The minimum atomic E-state index is -0.827. The van der Waals surface area contributed by atoms with E-state index in [4.69, 9.17) is 23.7 Å². The number of benzene rings is 2. The number of methoxy groups -OCH3 is 1. The number of ether oxygens (including phenoxy) is 5. The average Bonchev–Trinajstić information content (AvgIpc) is 2.77. The first-order valence-corrected chi connectivity index (χ1v) is 9.58. The summed E-state index contributed by atoms with van der Waals surface area (Å²) in [5, 5.41) is 10.6. The van der Waals surface area contributed by atoms with Gasteiger partial charge in [0, 0.05) is 24.7 Å². The lowest BCUT2D eigenvalue weighted by Crippen LogP contribution is -2.16. The molecule has 2 aromatic carbocycles. The zero-order valence-electron chi connectivity index (χ0n) is 16.5. The van der Waals surface area contributed by atoms with Crippen LogP contribution in [0.2, 0.25) is 0 Å². The van der Waals surface area contributed by atoms with Crippen molar-refractivity contribution in [1.29, 1.82) is 0 Å². The molecule has 1 heterocycles. The minimum absolute atomic E-state index is 0.0588. The van der Waals surface area contributed by atoms with E-state index in [0.717, 1.165) is 0 Å². The molecule has 7 nitrogen and oxygen atoms in total. The number of aliphatic hydroxyl groups excluding tert-OH is 1. The normalized spacial score (nSPS) is 13.7. The molecular formula is C22H26O7. The maximum atomic E-state index is 12.6. The van der Waals surface area contributed by atoms with Crippen LogP contribution in [0.4, 0.5) is 0 Å². The summed E-state index contributed by atoms with van der Waals surface area (Å²) in [6.45, 7) is 1.94. The Labute approximate surface area is 170 Å². The Bertz CT molecular complexity index is 805. The number of rotatable bonds is 11. The molecule has 7 heteroatoms. The van der Waals surface area contributed by atoms with Crippen molar-refractivity contribution in [1.82, 2.24) is 0 Å². The molecule has 156 valence electrons. The molecule has 1 unspecified atom stereocenters. The van der Waals surface area contributed by atoms with Crippen LogP contribution >= 0.6 is 0 Å². The molecule has 0 radical (unpaired) electrons. The van der Waals surface area contributed by atoms with Crippen LogP contribution < -0.4 is 14.2 Å². The van der Waals surface area contributed by atoms with Crippen LogP contribution in [0.3, 0.4) is 0 Å². The first-order valence-electron chi connectivity index (χ1n) is 9.58. The Morgan fingerprint density at radius 1 is 1.10 bits per heavy atom.